The first-order chi connectivity index (χ1) is 9.51. The molecule has 0 aliphatic heterocycles. The van der Waals surface area contributed by atoms with Crippen molar-refractivity contribution in [2.75, 3.05) is 12.4 Å². The van der Waals surface area contributed by atoms with Crippen LogP contribution in [-0.2, 0) is 0 Å². The van der Waals surface area contributed by atoms with Gasteiger partial charge in [-0.2, -0.15) is 5.10 Å². The van der Waals surface area contributed by atoms with Crippen molar-refractivity contribution in [2.45, 2.75) is 26.3 Å². The summed E-state index contributed by atoms with van der Waals surface area (Å²) in [7, 11) is 1.62. The van der Waals surface area contributed by atoms with E-state index in [2.05, 4.69) is 46.3 Å². The second-order valence-electron chi connectivity index (χ2n) is 5.34. The average Bonchev–Trinajstić information content (AvgIpc) is 2.48. The molecule has 2 N–H and O–H groups in total. The Morgan fingerprint density at radius 3 is 2.70 bits per heavy atom. The maximum atomic E-state index is 5.36. The zero-order valence-electron chi connectivity index (χ0n) is 12.1. The molecule has 0 bridgehead atoms. The topological polar surface area (TPSA) is 75.7 Å². The Bertz CT molecular complexity index is 643. The van der Waals surface area contributed by atoms with Gasteiger partial charge in [0.1, 0.15) is 29.7 Å². The number of rotatable bonds is 2. The number of anilines is 1. The van der Waals surface area contributed by atoms with E-state index >= 15 is 0 Å². The Kier molecular flexibility index (Phi) is 4.02. The Hall–Kier alpha value is -2.37. The number of ether oxygens (including phenoxy) is 1. The van der Waals surface area contributed by atoms with Crippen molar-refractivity contribution >= 4 is 16.7 Å². The summed E-state index contributed by atoms with van der Waals surface area (Å²) in [6.07, 6.45) is 2.96. The van der Waals surface area contributed by atoms with E-state index in [1.54, 1.807) is 7.11 Å². The van der Waals surface area contributed by atoms with Crippen LogP contribution in [0.15, 0.2) is 30.9 Å². The maximum absolute atomic E-state index is 5.36. The molecule has 0 spiro atoms. The van der Waals surface area contributed by atoms with Crippen LogP contribution < -0.4 is 10.1 Å². The second kappa shape index (κ2) is 5.73. The highest BCUT2D eigenvalue weighted by Gasteiger charge is 2.13. The predicted molar refractivity (Wildman–Crippen MR) is 79.2 cm³/mol. The molecule has 2 aromatic rings. The van der Waals surface area contributed by atoms with E-state index in [-0.39, 0.29) is 5.54 Å². The predicted octanol–water partition coefficient (Wildman–Crippen LogP) is 2.70. The molecule has 6 heteroatoms. The number of hydrogen-bond acceptors (Lipinski definition) is 5. The van der Waals surface area contributed by atoms with Gasteiger partial charge in [-0.15, -0.1) is 0 Å². The number of nitrogens with one attached hydrogen (secondary N) is 2. The molecule has 1 aromatic carbocycles. The summed E-state index contributed by atoms with van der Waals surface area (Å²) in [4.78, 5) is 8.72. The maximum Gasteiger partial charge on any atom is 0.145 e. The van der Waals surface area contributed by atoms with Crippen molar-refractivity contribution < 1.29 is 4.74 Å². The largest absolute Gasteiger partial charge is 0.494 e. The molecular formula is C14H19N5O. The Balaban J connectivity index is 2.79. The van der Waals surface area contributed by atoms with Gasteiger partial charge in [0.25, 0.3) is 0 Å². The molecule has 106 valence electrons. The van der Waals surface area contributed by atoms with Crippen molar-refractivity contribution in [3.05, 3.63) is 30.9 Å². The van der Waals surface area contributed by atoms with Crippen molar-refractivity contribution in [1.29, 1.82) is 0 Å². The highest BCUT2D eigenvalue weighted by molar-refractivity contribution is 5.92. The normalized spacial score (nSPS) is 11.0. The van der Waals surface area contributed by atoms with E-state index in [1.165, 1.54) is 12.7 Å². The van der Waals surface area contributed by atoms with Gasteiger partial charge in [-0.25, -0.2) is 9.97 Å². The summed E-state index contributed by atoms with van der Waals surface area (Å²) in [6, 6.07) is 5.73. The molecule has 0 aliphatic carbocycles. The van der Waals surface area contributed by atoms with Crippen LogP contribution in [0.3, 0.4) is 0 Å². The molecule has 0 atom stereocenters. The van der Waals surface area contributed by atoms with Crippen LogP contribution in [0, 0.1) is 0 Å². The number of nitrogens with zero attached hydrogens (tertiary/aromatic N) is 3. The van der Waals surface area contributed by atoms with Gasteiger partial charge in [0.05, 0.1) is 7.11 Å². The molecule has 0 radical (unpaired) electrons. The summed E-state index contributed by atoms with van der Waals surface area (Å²) in [5.74, 6) is 1.39. The van der Waals surface area contributed by atoms with Crippen molar-refractivity contribution in [3.8, 4) is 5.75 Å². The standard InChI is InChI=1S/C14H19N5O/c1-14(2,3)19-13-10-6-5-7-11(20-4)12(10)15-8-17-18-9-16-13/h5-9H,1-4H3,(H,15,17)(H,16,18,19). The van der Waals surface area contributed by atoms with Crippen LogP contribution in [0.4, 0.5) is 5.82 Å². The van der Waals surface area contributed by atoms with Gasteiger partial charge in [-0.1, -0.05) is 6.07 Å². The molecule has 0 unspecified atom stereocenters. The lowest BCUT2D eigenvalue weighted by Gasteiger charge is -2.21. The van der Waals surface area contributed by atoms with Gasteiger partial charge in [-0.05, 0) is 32.9 Å². The monoisotopic (exact) mass is 273 g/mol. The Morgan fingerprint density at radius 2 is 2.00 bits per heavy atom. The third-order valence-electron chi connectivity index (χ3n) is 2.54. The highest BCUT2D eigenvalue weighted by Crippen LogP contribution is 2.27. The fourth-order valence-electron chi connectivity index (χ4n) is 1.78. The molecule has 1 aromatic heterocycles. The number of methoxy groups -OCH3 is 1. The van der Waals surface area contributed by atoms with Crippen LogP contribution >= 0.6 is 0 Å². The van der Waals surface area contributed by atoms with E-state index in [0.29, 0.717) is 17.1 Å². The molecule has 6 nitrogen and oxygen atoms in total. The number of para-hydroxylation sites is 1. The van der Waals surface area contributed by atoms with E-state index in [1.807, 2.05) is 18.2 Å². The summed E-state index contributed by atoms with van der Waals surface area (Å²) in [5.41, 5.74) is 0.585. The summed E-state index contributed by atoms with van der Waals surface area (Å²) in [6.45, 7) is 6.21. The van der Waals surface area contributed by atoms with Crippen LogP contribution in [0.1, 0.15) is 20.8 Å². The second-order valence-corrected chi connectivity index (χ2v) is 5.34. The lowest BCUT2D eigenvalue weighted by Crippen LogP contribution is -2.26. The first-order valence-corrected chi connectivity index (χ1v) is 6.34. The minimum Gasteiger partial charge on any atom is -0.494 e. The minimum atomic E-state index is -0.127. The number of aromatic amines is 1. The molecule has 0 saturated heterocycles. The molecule has 0 fully saturated rings. The van der Waals surface area contributed by atoms with Gasteiger partial charge in [-0.3, -0.25) is 5.10 Å². The van der Waals surface area contributed by atoms with Crippen LogP contribution in [-0.4, -0.2) is 32.8 Å². The molecule has 0 saturated carbocycles. The summed E-state index contributed by atoms with van der Waals surface area (Å²) in [5, 5.41) is 10.8. The van der Waals surface area contributed by atoms with E-state index in [0.717, 1.165) is 5.39 Å². The SMILES string of the molecule is COc1cccc2c(NC(C)(C)C)ncn[nH]cnc12. The van der Waals surface area contributed by atoms with Gasteiger partial charge in [0, 0.05) is 10.9 Å². The van der Waals surface area contributed by atoms with E-state index in [9.17, 15) is 0 Å². The third kappa shape index (κ3) is 3.34. The zero-order valence-corrected chi connectivity index (χ0v) is 12.1. The van der Waals surface area contributed by atoms with Crippen molar-refractivity contribution in [1.82, 2.24) is 20.2 Å². The molecule has 0 aliphatic rings. The van der Waals surface area contributed by atoms with Gasteiger partial charge >= 0.3 is 0 Å². The lowest BCUT2D eigenvalue weighted by atomic mass is 10.1. The number of benzene rings is 1. The number of hydrogen-bond donors (Lipinski definition) is 2. The van der Waals surface area contributed by atoms with E-state index in [4.69, 9.17) is 4.74 Å². The fourth-order valence-corrected chi connectivity index (χ4v) is 1.78. The Morgan fingerprint density at radius 1 is 1.20 bits per heavy atom. The summed E-state index contributed by atoms with van der Waals surface area (Å²) >= 11 is 0. The lowest BCUT2D eigenvalue weighted by molar-refractivity contribution is 0.419. The van der Waals surface area contributed by atoms with Crippen molar-refractivity contribution in [2.24, 2.45) is 0 Å². The molecule has 20 heavy (non-hydrogen) atoms. The molecule has 0 amide bonds. The molecule has 1 heterocycles. The average molecular weight is 273 g/mol. The fraction of sp³-hybridized carbons (Fsp3) is 0.357. The number of aromatic nitrogens is 4. The van der Waals surface area contributed by atoms with Crippen LogP contribution in [0.25, 0.3) is 10.9 Å². The third-order valence-corrected chi connectivity index (χ3v) is 2.54. The van der Waals surface area contributed by atoms with Gasteiger partial charge in [0.15, 0.2) is 0 Å². The minimum absolute atomic E-state index is 0.127. The van der Waals surface area contributed by atoms with E-state index < -0.39 is 0 Å². The van der Waals surface area contributed by atoms with Crippen LogP contribution in [0.2, 0.25) is 0 Å². The van der Waals surface area contributed by atoms with Gasteiger partial charge < -0.3 is 10.1 Å². The first-order valence-electron chi connectivity index (χ1n) is 6.34. The van der Waals surface area contributed by atoms with Crippen molar-refractivity contribution in [3.63, 3.8) is 0 Å². The van der Waals surface area contributed by atoms with Gasteiger partial charge in [0.2, 0.25) is 0 Å². The first kappa shape index (κ1) is 14.0. The number of fused-ring (bicyclic) bond motifs is 1. The van der Waals surface area contributed by atoms with Crippen LogP contribution in [0.5, 0.6) is 5.75 Å². The quantitative estimate of drug-likeness (QED) is 0.879. The smallest absolute Gasteiger partial charge is 0.145 e. The number of H-pyrrole nitrogens is 1. The molecular weight excluding hydrogens is 254 g/mol. The highest BCUT2D eigenvalue weighted by atomic mass is 16.5. The zero-order chi connectivity index (χ0) is 14.6. The molecule has 2 rings (SSSR count). The Labute approximate surface area is 117 Å². The summed E-state index contributed by atoms with van der Waals surface area (Å²) < 4.78 is 5.36.